The molecule has 126 valence electrons. The van der Waals surface area contributed by atoms with E-state index in [2.05, 4.69) is 25.1 Å². The molecule has 0 aliphatic carbocycles. The summed E-state index contributed by atoms with van der Waals surface area (Å²) in [6.45, 7) is 4.93. The molecule has 1 aliphatic rings. The van der Waals surface area contributed by atoms with Crippen LogP contribution in [0.2, 0.25) is 0 Å². The van der Waals surface area contributed by atoms with Gasteiger partial charge in [-0.3, -0.25) is 9.58 Å². The number of sulfonamides is 1. The molecule has 0 aromatic carbocycles. The quantitative estimate of drug-likeness (QED) is 0.841. The molecular formula is C14H21N5O2S2. The SMILES string of the molecule is Cc1nc(CN2Cc3ccnn3[C@@H](CCNS(C)(=O)=O)C2)cs1. The summed E-state index contributed by atoms with van der Waals surface area (Å²) in [5.74, 6) is 0. The third-order valence-electron chi connectivity index (χ3n) is 3.85. The average Bonchev–Trinajstić information content (AvgIpc) is 3.06. The highest BCUT2D eigenvalue weighted by molar-refractivity contribution is 7.88. The van der Waals surface area contributed by atoms with Crippen molar-refractivity contribution >= 4 is 21.4 Å². The number of fused-ring (bicyclic) bond motifs is 1. The number of thiazole rings is 1. The Kier molecular flexibility index (Phi) is 4.81. The van der Waals surface area contributed by atoms with Gasteiger partial charge in [-0.1, -0.05) is 0 Å². The zero-order chi connectivity index (χ0) is 16.4. The molecule has 3 heterocycles. The first-order chi connectivity index (χ1) is 10.9. The van der Waals surface area contributed by atoms with E-state index in [4.69, 9.17) is 0 Å². The molecule has 7 nitrogen and oxygen atoms in total. The maximum absolute atomic E-state index is 11.2. The van der Waals surface area contributed by atoms with Crippen LogP contribution in [-0.2, 0) is 23.1 Å². The van der Waals surface area contributed by atoms with E-state index in [0.717, 1.165) is 36.0 Å². The van der Waals surface area contributed by atoms with Gasteiger partial charge in [0.1, 0.15) is 0 Å². The molecule has 1 aliphatic heterocycles. The second-order valence-corrected chi connectivity index (χ2v) is 8.80. The van der Waals surface area contributed by atoms with Gasteiger partial charge in [0.05, 0.1) is 28.7 Å². The normalized spacial score (nSPS) is 19.0. The predicted molar refractivity (Wildman–Crippen MR) is 89.7 cm³/mol. The average molecular weight is 355 g/mol. The van der Waals surface area contributed by atoms with Crippen molar-refractivity contribution in [3.63, 3.8) is 0 Å². The van der Waals surface area contributed by atoms with E-state index >= 15 is 0 Å². The zero-order valence-corrected chi connectivity index (χ0v) is 14.9. The van der Waals surface area contributed by atoms with Crippen LogP contribution in [0.1, 0.15) is 28.9 Å². The Morgan fingerprint density at radius 3 is 3.00 bits per heavy atom. The summed E-state index contributed by atoms with van der Waals surface area (Å²) in [7, 11) is -3.15. The minimum atomic E-state index is -3.15. The largest absolute Gasteiger partial charge is 0.290 e. The lowest BCUT2D eigenvalue weighted by Gasteiger charge is -2.33. The lowest BCUT2D eigenvalue weighted by atomic mass is 10.1. The van der Waals surface area contributed by atoms with Crippen molar-refractivity contribution in [1.29, 1.82) is 0 Å². The number of nitrogens with one attached hydrogen (secondary N) is 1. The molecule has 2 aromatic heterocycles. The Hall–Kier alpha value is -1.29. The van der Waals surface area contributed by atoms with Crippen LogP contribution in [0.3, 0.4) is 0 Å². The predicted octanol–water partition coefficient (Wildman–Crippen LogP) is 1.14. The molecule has 0 radical (unpaired) electrons. The molecule has 23 heavy (non-hydrogen) atoms. The van der Waals surface area contributed by atoms with Crippen LogP contribution in [0.5, 0.6) is 0 Å². The van der Waals surface area contributed by atoms with Gasteiger partial charge in [0, 0.05) is 37.8 Å². The van der Waals surface area contributed by atoms with Crippen molar-refractivity contribution in [1.82, 2.24) is 24.4 Å². The summed E-state index contributed by atoms with van der Waals surface area (Å²) >= 11 is 1.67. The first-order valence-corrected chi connectivity index (χ1v) is 10.3. The molecule has 1 atom stereocenters. The maximum Gasteiger partial charge on any atom is 0.208 e. The highest BCUT2D eigenvalue weighted by atomic mass is 32.2. The third-order valence-corrected chi connectivity index (χ3v) is 5.40. The zero-order valence-electron chi connectivity index (χ0n) is 13.3. The number of hydrogen-bond donors (Lipinski definition) is 1. The number of aromatic nitrogens is 3. The fourth-order valence-corrected chi connectivity index (χ4v) is 4.01. The van der Waals surface area contributed by atoms with E-state index in [9.17, 15) is 8.42 Å². The fraction of sp³-hybridized carbons (Fsp3) is 0.571. The van der Waals surface area contributed by atoms with E-state index < -0.39 is 10.0 Å². The Labute approximate surface area is 140 Å². The third kappa shape index (κ3) is 4.37. The van der Waals surface area contributed by atoms with Crippen molar-refractivity contribution < 1.29 is 8.42 Å². The number of rotatable bonds is 6. The molecular weight excluding hydrogens is 334 g/mol. The van der Waals surface area contributed by atoms with Crippen LogP contribution in [0, 0.1) is 6.92 Å². The lowest BCUT2D eigenvalue weighted by molar-refractivity contribution is 0.160. The summed E-state index contributed by atoms with van der Waals surface area (Å²) in [5.41, 5.74) is 2.25. The molecule has 9 heteroatoms. The smallest absolute Gasteiger partial charge is 0.208 e. The summed E-state index contributed by atoms with van der Waals surface area (Å²) < 4.78 is 27.0. The van der Waals surface area contributed by atoms with Crippen molar-refractivity contribution in [3.05, 3.63) is 34.0 Å². The highest BCUT2D eigenvalue weighted by Crippen LogP contribution is 2.24. The maximum atomic E-state index is 11.2. The molecule has 2 aromatic rings. The van der Waals surface area contributed by atoms with Gasteiger partial charge in [0.25, 0.3) is 0 Å². The van der Waals surface area contributed by atoms with Gasteiger partial charge in [-0.15, -0.1) is 11.3 Å². The molecule has 0 fully saturated rings. The molecule has 1 N–H and O–H groups in total. The van der Waals surface area contributed by atoms with Crippen LogP contribution in [-0.4, -0.2) is 47.4 Å². The Morgan fingerprint density at radius 1 is 1.48 bits per heavy atom. The Balaban J connectivity index is 1.67. The van der Waals surface area contributed by atoms with Crippen LogP contribution in [0.15, 0.2) is 17.6 Å². The number of hydrogen-bond acceptors (Lipinski definition) is 6. The van der Waals surface area contributed by atoms with Gasteiger partial charge >= 0.3 is 0 Å². The Morgan fingerprint density at radius 2 is 2.30 bits per heavy atom. The monoisotopic (exact) mass is 355 g/mol. The fourth-order valence-electron chi connectivity index (χ4n) is 2.92. The lowest BCUT2D eigenvalue weighted by Crippen LogP contribution is -2.38. The Bertz CT molecular complexity index is 768. The summed E-state index contributed by atoms with van der Waals surface area (Å²) in [6.07, 6.45) is 3.71. The molecule has 0 unspecified atom stereocenters. The number of aryl methyl sites for hydroxylation is 1. The first kappa shape index (κ1) is 16.6. The topological polar surface area (TPSA) is 80.1 Å². The second kappa shape index (κ2) is 6.68. The van der Waals surface area contributed by atoms with Crippen LogP contribution in [0.4, 0.5) is 0 Å². The minimum Gasteiger partial charge on any atom is -0.290 e. The van der Waals surface area contributed by atoms with E-state index in [0.29, 0.717) is 13.0 Å². The van der Waals surface area contributed by atoms with Gasteiger partial charge in [0.15, 0.2) is 0 Å². The molecule has 0 amide bonds. The molecule has 0 saturated heterocycles. The first-order valence-electron chi connectivity index (χ1n) is 7.51. The van der Waals surface area contributed by atoms with Crippen LogP contribution >= 0.6 is 11.3 Å². The van der Waals surface area contributed by atoms with E-state index in [1.165, 1.54) is 6.26 Å². The van der Waals surface area contributed by atoms with Crippen LogP contribution in [0.25, 0.3) is 0 Å². The van der Waals surface area contributed by atoms with Crippen molar-refractivity contribution in [2.45, 2.75) is 32.5 Å². The van der Waals surface area contributed by atoms with Gasteiger partial charge in [-0.05, 0) is 19.4 Å². The molecule has 0 spiro atoms. The minimum absolute atomic E-state index is 0.169. The summed E-state index contributed by atoms with van der Waals surface area (Å²) in [5, 5.41) is 7.58. The van der Waals surface area contributed by atoms with Crippen molar-refractivity contribution in [3.8, 4) is 0 Å². The van der Waals surface area contributed by atoms with E-state index in [-0.39, 0.29) is 6.04 Å². The molecule has 3 rings (SSSR count). The van der Waals surface area contributed by atoms with E-state index in [1.807, 2.05) is 23.9 Å². The van der Waals surface area contributed by atoms with Gasteiger partial charge < -0.3 is 0 Å². The van der Waals surface area contributed by atoms with Crippen molar-refractivity contribution in [2.75, 3.05) is 19.3 Å². The van der Waals surface area contributed by atoms with Crippen LogP contribution < -0.4 is 4.72 Å². The second-order valence-electron chi connectivity index (χ2n) is 5.90. The summed E-state index contributed by atoms with van der Waals surface area (Å²) in [4.78, 5) is 6.87. The van der Waals surface area contributed by atoms with Gasteiger partial charge in [-0.25, -0.2) is 18.1 Å². The molecule has 0 saturated carbocycles. The highest BCUT2D eigenvalue weighted by Gasteiger charge is 2.25. The summed E-state index contributed by atoms with van der Waals surface area (Å²) in [6, 6.07) is 2.19. The standard InChI is InChI=1S/C14H21N5O2S2/c1-11-17-12(10-22-11)7-18-8-13-3-5-15-19(13)14(9-18)4-6-16-23(2,20)21/h3,5,10,14,16H,4,6-9H2,1-2H3/t14-/m0/s1. The van der Waals surface area contributed by atoms with E-state index in [1.54, 1.807) is 11.3 Å². The van der Waals surface area contributed by atoms with Crippen molar-refractivity contribution in [2.24, 2.45) is 0 Å². The molecule has 0 bridgehead atoms. The van der Waals surface area contributed by atoms with Gasteiger partial charge in [0.2, 0.25) is 10.0 Å². The van der Waals surface area contributed by atoms with Gasteiger partial charge in [-0.2, -0.15) is 5.10 Å². The number of nitrogens with zero attached hydrogens (tertiary/aromatic N) is 4.